The van der Waals surface area contributed by atoms with Crippen molar-refractivity contribution in [2.75, 3.05) is 44.8 Å². The second-order valence-electron chi connectivity index (χ2n) is 8.55. The molecule has 7 nitrogen and oxygen atoms in total. The van der Waals surface area contributed by atoms with E-state index in [2.05, 4.69) is 27.9 Å². The molecule has 0 bridgehead atoms. The minimum atomic E-state index is -0.442. The van der Waals surface area contributed by atoms with Gasteiger partial charge < -0.3 is 23.7 Å². The molecule has 1 aliphatic heterocycles. The van der Waals surface area contributed by atoms with Crippen LogP contribution in [0.2, 0.25) is 0 Å². The van der Waals surface area contributed by atoms with Crippen molar-refractivity contribution in [3.8, 4) is 5.75 Å². The Morgan fingerprint density at radius 1 is 1.24 bits per heavy atom. The maximum atomic E-state index is 12.2. The molecule has 0 unspecified atom stereocenters. The van der Waals surface area contributed by atoms with E-state index in [1.807, 2.05) is 43.6 Å². The Labute approximate surface area is 195 Å². The second-order valence-corrected chi connectivity index (χ2v) is 8.55. The third-order valence-corrected chi connectivity index (χ3v) is 6.28. The van der Waals surface area contributed by atoms with E-state index in [0.717, 1.165) is 55.6 Å². The van der Waals surface area contributed by atoms with Crippen LogP contribution in [-0.2, 0) is 4.74 Å². The van der Waals surface area contributed by atoms with Gasteiger partial charge in [0.05, 0.1) is 30.5 Å². The van der Waals surface area contributed by atoms with Gasteiger partial charge in [0.25, 0.3) is 0 Å². The first-order chi connectivity index (χ1) is 16.1. The highest BCUT2D eigenvalue weighted by atomic mass is 16.5. The van der Waals surface area contributed by atoms with E-state index in [9.17, 15) is 4.79 Å². The molecule has 33 heavy (non-hydrogen) atoms. The van der Waals surface area contributed by atoms with Crippen molar-refractivity contribution in [2.45, 2.75) is 39.2 Å². The average molecular weight is 452 g/mol. The highest BCUT2D eigenvalue weighted by molar-refractivity contribution is 5.98. The van der Waals surface area contributed by atoms with E-state index in [1.54, 1.807) is 6.92 Å². The van der Waals surface area contributed by atoms with Crippen LogP contribution in [0.5, 0.6) is 5.75 Å². The zero-order valence-corrected chi connectivity index (χ0v) is 19.8. The number of carbonyl (C=O) groups excluding carboxylic acids is 1. The topological polar surface area (TPSA) is 68.0 Å². The van der Waals surface area contributed by atoms with Gasteiger partial charge in [0.1, 0.15) is 11.3 Å². The van der Waals surface area contributed by atoms with E-state index < -0.39 is 5.97 Å². The van der Waals surface area contributed by atoms with Gasteiger partial charge >= 0.3 is 5.97 Å². The lowest BCUT2D eigenvalue weighted by molar-refractivity contribution is 0.0491. The number of carbonyl (C=O) groups is 1. The number of ether oxygens (including phenoxy) is 2. The molecule has 1 aliphatic rings. The third-order valence-electron chi connectivity index (χ3n) is 6.28. The molecule has 0 spiro atoms. The molecule has 3 aromatic rings. The molecule has 3 heterocycles. The van der Waals surface area contributed by atoms with Crippen molar-refractivity contribution in [2.24, 2.45) is 0 Å². The number of aryl methyl sites for hydroxylation is 1. The fraction of sp³-hybridized carbons (Fsp3) is 0.462. The standard InChI is InChI=1S/C26H33N3O4/c1-4-31-26(30)25-19(2)24-22(9-5-10-23(24)33-25)32-17-7-14-29(21-8-6-13-27-18-21)20-11-15-28(3)16-12-20/h5-6,8-10,13,18,20H,4,7,11-12,14-17H2,1-3H3. The average Bonchev–Trinajstić information content (AvgIpc) is 3.18. The summed E-state index contributed by atoms with van der Waals surface area (Å²) in [6.07, 6.45) is 6.94. The van der Waals surface area contributed by atoms with Gasteiger partial charge in [-0.25, -0.2) is 4.79 Å². The van der Waals surface area contributed by atoms with E-state index in [0.29, 0.717) is 24.8 Å². The van der Waals surface area contributed by atoms with Gasteiger partial charge in [0.15, 0.2) is 0 Å². The van der Waals surface area contributed by atoms with E-state index in [-0.39, 0.29) is 5.76 Å². The number of benzene rings is 1. The summed E-state index contributed by atoms with van der Waals surface area (Å²) in [5.74, 6) is 0.534. The van der Waals surface area contributed by atoms with Crippen LogP contribution in [0.25, 0.3) is 11.0 Å². The smallest absolute Gasteiger partial charge is 0.374 e. The predicted octanol–water partition coefficient (Wildman–Crippen LogP) is 4.68. The van der Waals surface area contributed by atoms with Gasteiger partial charge in [-0.3, -0.25) is 4.98 Å². The molecule has 0 atom stereocenters. The molecule has 7 heteroatoms. The number of aromatic nitrogens is 1. The Bertz CT molecular complexity index is 1060. The fourth-order valence-corrected chi connectivity index (χ4v) is 4.55. The van der Waals surface area contributed by atoms with Crippen LogP contribution in [0.4, 0.5) is 5.69 Å². The van der Waals surface area contributed by atoms with Crippen LogP contribution in [0.1, 0.15) is 42.3 Å². The molecule has 176 valence electrons. The SMILES string of the molecule is CCOC(=O)c1oc2cccc(OCCCN(c3cccnc3)C3CCN(C)CC3)c2c1C. The van der Waals surface area contributed by atoms with Crippen molar-refractivity contribution >= 4 is 22.6 Å². The van der Waals surface area contributed by atoms with Crippen molar-refractivity contribution in [1.29, 1.82) is 0 Å². The maximum absolute atomic E-state index is 12.2. The van der Waals surface area contributed by atoms with Crippen molar-refractivity contribution in [1.82, 2.24) is 9.88 Å². The van der Waals surface area contributed by atoms with E-state index in [4.69, 9.17) is 13.9 Å². The molecule has 0 aliphatic carbocycles. The lowest BCUT2D eigenvalue weighted by Gasteiger charge is -2.38. The summed E-state index contributed by atoms with van der Waals surface area (Å²) in [6, 6.07) is 10.3. The number of pyridine rings is 1. The van der Waals surface area contributed by atoms with Crippen molar-refractivity contribution < 1.29 is 18.7 Å². The molecular formula is C26H33N3O4. The number of esters is 1. The van der Waals surface area contributed by atoms with Crippen LogP contribution in [-0.4, -0.2) is 61.8 Å². The van der Waals surface area contributed by atoms with Gasteiger partial charge in [-0.1, -0.05) is 6.07 Å². The highest BCUT2D eigenvalue weighted by Crippen LogP contribution is 2.33. The number of furan rings is 1. The fourth-order valence-electron chi connectivity index (χ4n) is 4.55. The van der Waals surface area contributed by atoms with Crippen LogP contribution < -0.4 is 9.64 Å². The van der Waals surface area contributed by atoms with Crippen molar-refractivity contribution in [3.05, 3.63) is 54.0 Å². The van der Waals surface area contributed by atoms with Crippen molar-refractivity contribution in [3.63, 3.8) is 0 Å². The number of hydrogen-bond donors (Lipinski definition) is 0. The first-order valence-electron chi connectivity index (χ1n) is 11.8. The molecule has 2 aromatic heterocycles. The minimum Gasteiger partial charge on any atom is -0.493 e. The molecule has 4 rings (SSSR count). The maximum Gasteiger partial charge on any atom is 0.374 e. The summed E-state index contributed by atoms with van der Waals surface area (Å²) in [5, 5.41) is 0.833. The molecule has 0 radical (unpaired) electrons. The number of rotatable bonds is 9. The summed E-state index contributed by atoms with van der Waals surface area (Å²) in [5.41, 5.74) is 2.55. The molecule has 0 amide bonds. The number of hydrogen-bond acceptors (Lipinski definition) is 7. The highest BCUT2D eigenvalue weighted by Gasteiger charge is 2.24. The van der Waals surface area contributed by atoms with Gasteiger partial charge in [-0.15, -0.1) is 0 Å². The molecule has 0 N–H and O–H groups in total. The van der Waals surface area contributed by atoms with Crippen LogP contribution >= 0.6 is 0 Å². The monoisotopic (exact) mass is 451 g/mol. The Morgan fingerprint density at radius 3 is 2.79 bits per heavy atom. The van der Waals surface area contributed by atoms with E-state index >= 15 is 0 Å². The Hall–Kier alpha value is -3.06. The quantitative estimate of drug-likeness (QED) is 0.346. The molecule has 1 saturated heterocycles. The van der Waals surface area contributed by atoms with Gasteiger partial charge in [0, 0.05) is 24.3 Å². The Balaban J connectivity index is 1.43. The molecule has 0 saturated carbocycles. The van der Waals surface area contributed by atoms with Crippen LogP contribution in [0.15, 0.2) is 47.1 Å². The zero-order valence-electron chi connectivity index (χ0n) is 19.8. The second kappa shape index (κ2) is 10.7. The molecular weight excluding hydrogens is 418 g/mol. The summed E-state index contributed by atoms with van der Waals surface area (Å²) in [6.45, 7) is 7.66. The lowest BCUT2D eigenvalue weighted by atomic mass is 10.0. The lowest BCUT2D eigenvalue weighted by Crippen LogP contribution is -2.44. The summed E-state index contributed by atoms with van der Waals surface area (Å²) >= 11 is 0. The summed E-state index contributed by atoms with van der Waals surface area (Å²) in [7, 11) is 2.18. The van der Waals surface area contributed by atoms with Gasteiger partial charge in [-0.05, 0) is 77.5 Å². The first-order valence-corrected chi connectivity index (χ1v) is 11.8. The van der Waals surface area contributed by atoms with Gasteiger partial charge in [0.2, 0.25) is 5.76 Å². The minimum absolute atomic E-state index is 0.243. The molecule has 1 aromatic carbocycles. The number of fused-ring (bicyclic) bond motifs is 1. The Morgan fingerprint density at radius 2 is 2.06 bits per heavy atom. The number of anilines is 1. The molecule has 1 fully saturated rings. The predicted molar refractivity (Wildman–Crippen MR) is 129 cm³/mol. The number of likely N-dealkylation sites (tertiary alicyclic amines) is 1. The summed E-state index contributed by atoms with van der Waals surface area (Å²) < 4.78 is 17.1. The Kier molecular flexibility index (Phi) is 7.50. The zero-order chi connectivity index (χ0) is 23.2. The number of nitrogens with zero attached hydrogens (tertiary/aromatic N) is 3. The largest absolute Gasteiger partial charge is 0.493 e. The first kappa shape index (κ1) is 23.1. The van der Waals surface area contributed by atoms with Crippen LogP contribution in [0.3, 0.4) is 0 Å². The summed E-state index contributed by atoms with van der Waals surface area (Å²) in [4.78, 5) is 21.4. The van der Waals surface area contributed by atoms with Crippen LogP contribution in [0, 0.1) is 6.92 Å². The van der Waals surface area contributed by atoms with Gasteiger partial charge in [-0.2, -0.15) is 0 Å². The van der Waals surface area contributed by atoms with E-state index in [1.165, 1.54) is 5.69 Å². The normalized spacial score (nSPS) is 15.0. The number of piperidine rings is 1. The third kappa shape index (κ3) is 5.30.